The maximum atomic E-state index is 13.5. The third-order valence-corrected chi connectivity index (χ3v) is 9.68. The van der Waals surface area contributed by atoms with E-state index >= 15 is 0 Å². The number of anilines is 2. The fourth-order valence-electron chi connectivity index (χ4n) is 6.50. The lowest BCUT2D eigenvalue weighted by Crippen LogP contribution is -2.53. The molecule has 39 heavy (non-hydrogen) atoms. The average molecular weight is 554 g/mol. The molecule has 9 heteroatoms. The van der Waals surface area contributed by atoms with E-state index in [0.717, 1.165) is 36.4 Å². The highest BCUT2D eigenvalue weighted by Crippen LogP contribution is 2.40. The molecule has 1 N–H and O–H groups in total. The van der Waals surface area contributed by atoms with E-state index in [1.54, 1.807) is 34.1 Å². The zero-order valence-corrected chi connectivity index (χ0v) is 23.9. The molecule has 2 fully saturated rings. The van der Waals surface area contributed by atoms with E-state index in [0.29, 0.717) is 23.8 Å². The third-order valence-electron chi connectivity index (χ3n) is 8.56. The van der Waals surface area contributed by atoms with Crippen molar-refractivity contribution in [3.8, 4) is 11.1 Å². The summed E-state index contributed by atoms with van der Waals surface area (Å²) in [7, 11) is -3.30. The van der Waals surface area contributed by atoms with Gasteiger partial charge in [0.05, 0.1) is 22.3 Å². The van der Waals surface area contributed by atoms with Crippen molar-refractivity contribution in [3.63, 3.8) is 0 Å². The number of fused-ring (bicyclic) bond motifs is 1. The summed E-state index contributed by atoms with van der Waals surface area (Å²) in [4.78, 5) is 29.7. The minimum Gasteiger partial charge on any atom is -0.430 e. The number of carbonyl (C=O) groups is 2. The van der Waals surface area contributed by atoms with Gasteiger partial charge in [0.15, 0.2) is 16.1 Å². The Labute approximate surface area is 231 Å². The van der Waals surface area contributed by atoms with Crippen molar-refractivity contribution >= 4 is 33.2 Å². The summed E-state index contributed by atoms with van der Waals surface area (Å²) in [5, 5.41) is 3.47. The first-order valence-electron chi connectivity index (χ1n) is 14.1. The van der Waals surface area contributed by atoms with E-state index in [1.165, 1.54) is 45.3 Å². The van der Waals surface area contributed by atoms with E-state index in [-0.39, 0.29) is 23.1 Å². The molecule has 1 aliphatic carbocycles. The van der Waals surface area contributed by atoms with Gasteiger partial charge in [-0.1, -0.05) is 50.3 Å². The molecule has 0 aromatic heterocycles. The van der Waals surface area contributed by atoms with Crippen LogP contribution in [0.3, 0.4) is 0 Å². The molecule has 3 atom stereocenters. The number of hydrogen-bond acceptors (Lipinski definition) is 6. The highest BCUT2D eigenvalue weighted by Gasteiger charge is 2.36. The largest absolute Gasteiger partial charge is 0.430 e. The second kappa shape index (κ2) is 11.3. The third kappa shape index (κ3) is 5.99. The lowest BCUT2D eigenvalue weighted by atomic mass is 9.77. The summed E-state index contributed by atoms with van der Waals surface area (Å²) in [5.74, 6) is 1.33. The SMILES string of the molecule is CC(=O)N1c2ccc(-c3ccc(S(C)(=O)=O)cc3)cc2N(C(=O)OC2CCC(C3CCCCC3)CN2)C[C@@H]1C. The van der Waals surface area contributed by atoms with Crippen LogP contribution >= 0.6 is 0 Å². The number of carbonyl (C=O) groups excluding carboxylic acids is 2. The van der Waals surface area contributed by atoms with Gasteiger partial charge in [0.1, 0.15) is 0 Å². The van der Waals surface area contributed by atoms with Crippen molar-refractivity contribution in [2.24, 2.45) is 11.8 Å². The minimum atomic E-state index is -3.30. The first kappa shape index (κ1) is 27.6. The summed E-state index contributed by atoms with van der Waals surface area (Å²) in [5.41, 5.74) is 2.89. The monoisotopic (exact) mass is 553 g/mol. The van der Waals surface area contributed by atoms with E-state index in [2.05, 4.69) is 5.32 Å². The zero-order valence-electron chi connectivity index (χ0n) is 23.1. The van der Waals surface area contributed by atoms with Crippen molar-refractivity contribution in [1.29, 1.82) is 0 Å². The first-order valence-corrected chi connectivity index (χ1v) is 16.0. The van der Waals surface area contributed by atoms with E-state index < -0.39 is 15.9 Å². The summed E-state index contributed by atoms with van der Waals surface area (Å²) in [6.07, 6.45) is 8.92. The number of nitrogens with zero attached hydrogens (tertiary/aromatic N) is 2. The van der Waals surface area contributed by atoms with Gasteiger partial charge in [0.2, 0.25) is 5.91 Å². The normalized spacial score (nSPS) is 24.2. The molecule has 2 aliphatic heterocycles. The van der Waals surface area contributed by atoms with Crippen LogP contribution in [0, 0.1) is 11.8 Å². The van der Waals surface area contributed by atoms with Gasteiger partial charge in [-0.2, -0.15) is 0 Å². The average Bonchev–Trinajstić information content (AvgIpc) is 2.92. The summed E-state index contributed by atoms with van der Waals surface area (Å²) in [6, 6.07) is 12.1. The molecule has 1 saturated heterocycles. The lowest BCUT2D eigenvalue weighted by molar-refractivity contribution is -0.117. The molecule has 0 spiro atoms. The van der Waals surface area contributed by atoms with Gasteiger partial charge < -0.3 is 9.64 Å². The Bertz CT molecular complexity index is 1310. The van der Waals surface area contributed by atoms with Crippen LogP contribution in [0.2, 0.25) is 0 Å². The van der Waals surface area contributed by atoms with Gasteiger partial charge in [0, 0.05) is 26.3 Å². The maximum Gasteiger partial charge on any atom is 0.416 e. The van der Waals surface area contributed by atoms with Gasteiger partial charge in [0.25, 0.3) is 0 Å². The van der Waals surface area contributed by atoms with Crippen molar-refractivity contribution in [3.05, 3.63) is 42.5 Å². The highest BCUT2D eigenvalue weighted by atomic mass is 32.2. The predicted molar refractivity (Wildman–Crippen MR) is 153 cm³/mol. The van der Waals surface area contributed by atoms with Crippen molar-refractivity contribution in [2.45, 2.75) is 76.0 Å². The van der Waals surface area contributed by atoms with E-state index in [4.69, 9.17) is 4.74 Å². The number of piperidine rings is 1. The number of benzene rings is 2. The number of amides is 2. The maximum absolute atomic E-state index is 13.5. The van der Waals surface area contributed by atoms with Crippen molar-refractivity contribution in [2.75, 3.05) is 29.1 Å². The highest BCUT2D eigenvalue weighted by molar-refractivity contribution is 7.90. The molecule has 3 aliphatic rings. The van der Waals surface area contributed by atoms with Crippen LogP contribution in [0.15, 0.2) is 47.4 Å². The van der Waals surface area contributed by atoms with Crippen LogP contribution in [-0.2, 0) is 19.4 Å². The Morgan fingerprint density at radius 1 is 0.897 bits per heavy atom. The van der Waals surface area contributed by atoms with Crippen LogP contribution in [-0.4, -0.2) is 52.0 Å². The van der Waals surface area contributed by atoms with Crippen LogP contribution in [0.5, 0.6) is 0 Å². The number of nitrogens with one attached hydrogen (secondary N) is 1. The molecule has 1 saturated carbocycles. The molecule has 210 valence electrons. The number of rotatable bonds is 4. The van der Waals surface area contributed by atoms with Crippen molar-refractivity contribution < 1.29 is 22.7 Å². The van der Waals surface area contributed by atoms with Crippen LogP contribution in [0.1, 0.15) is 58.8 Å². The van der Waals surface area contributed by atoms with Gasteiger partial charge in [-0.05, 0) is 67.0 Å². The Morgan fingerprint density at radius 3 is 2.21 bits per heavy atom. The summed E-state index contributed by atoms with van der Waals surface area (Å²) >= 11 is 0. The molecule has 2 unspecified atom stereocenters. The molecule has 0 bridgehead atoms. The second-order valence-corrected chi connectivity index (χ2v) is 13.4. The fraction of sp³-hybridized carbons (Fsp3) is 0.533. The van der Waals surface area contributed by atoms with E-state index in [1.807, 2.05) is 25.1 Å². The summed E-state index contributed by atoms with van der Waals surface area (Å²) < 4.78 is 29.7. The quantitative estimate of drug-likeness (QED) is 0.548. The molecular formula is C30H39N3O5S. The Morgan fingerprint density at radius 2 is 1.59 bits per heavy atom. The molecule has 2 amide bonds. The molecule has 5 rings (SSSR count). The van der Waals surface area contributed by atoms with Crippen LogP contribution < -0.4 is 15.1 Å². The summed E-state index contributed by atoms with van der Waals surface area (Å²) in [6.45, 7) is 4.65. The minimum absolute atomic E-state index is 0.0928. The Balaban J connectivity index is 1.36. The zero-order chi connectivity index (χ0) is 27.7. The van der Waals surface area contributed by atoms with Crippen molar-refractivity contribution in [1.82, 2.24) is 5.32 Å². The van der Waals surface area contributed by atoms with Gasteiger partial charge in [-0.15, -0.1) is 0 Å². The molecule has 2 heterocycles. The number of hydrogen-bond donors (Lipinski definition) is 1. The first-order chi connectivity index (χ1) is 18.6. The Kier molecular flexibility index (Phi) is 8.01. The van der Waals surface area contributed by atoms with Gasteiger partial charge in [-0.3, -0.25) is 15.0 Å². The van der Waals surface area contributed by atoms with Crippen LogP contribution in [0.4, 0.5) is 16.2 Å². The second-order valence-electron chi connectivity index (χ2n) is 11.4. The fourth-order valence-corrected chi connectivity index (χ4v) is 7.13. The van der Waals surface area contributed by atoms with E-state index in [9.17, 15) is 18.0 Å². The molecular weight excluding hydrogens is 514 g/mol. The smallest absolute Gasteiger partial charge is 0.416 e. The van der Waals surface area contributed by atoms with Crippen LogP contribution in [0.25, 0.3) is 11.1 Å². The lowest BCUT2D eigenvalue weighted by Gasteiger charge is -2.41. The Hall–Kier alpha value is -2.91. The molecule has 2 aromatic carbocycles. The number of sulfone groups is 1. The number of ether oxygens (including phenoxy) is 1. The molecule has 0 radical (unpaired) electrons. The van der Waals surface area contributed by atoms with Gasteiger partial charge in [-0.25, -0.2) is 13.2 Å². The van der Waals surface area contributed by atoms with Gasteiger partial charge >= 0.3 is 6.09 Å². The predicted octanol–water partition coefficient (Wildman–Crippen LogP) is 5.36. The molecule has 8 nitrogen and oxygen atoms in total. The molecule has 2 aromatic rings. The topological polar surface area (TPSA) is 96.0 Å². The standard InChI is InChI=1S/C30H39N3O5S/c1-20-19-32(30(35)38-29-16-12-25(18-31-29)22-7-5-4-6-8-22)28-17-24(11-15-27(28)33(20)21(2)34)23-9-13-26(14-10-23)39(3,36)37/h9-11,13-15,17,20,22,25,29,31H,4-8,12,16,18-19H2,1-3H3/t20-,25?,29?/m0/s1.